The van der Waals surface area contributed by atoms with E-state index in [9.17, 15) is 17.8 Å². The highest BCUT2D eigenvalue weighted by Gasteiger charge is 2.28. The number of benzene rings is 2. The number of carbonyl (C=O) groups is 1. The molecular weight excluding hydrogens is 422 g/mol. The van der Waals surface area contributed by atoms with Crippen molar-refractivity contribution in [2.24, 2.45) is 7.05 Å². The number of rotatable bonds is 4. The first-order valence-corrected chi connectivity index (χ1v) is 11.0. The molecule has 0 saturated carbocycles. The summed E-state index contributed by atoms with van der Waals surface area (Å²) in [6, 6.07) is 12.3. The van der Waals surface area contributed by atoms with E-state index in [-0.39, 0.29) is 22.3 Å². The van der Waals surface area contributed by atoms with E-state index in [0.717, 1.165) is 17.7 Å². The molecule has 0 spiro atoms. The number of carbonyl (C=O) groups excluding carboxylic acids is 1. The first-order chi connectivity index (χ1) is 14.7. The summed E-state index contributed by atoms with van der Waals surface area (Å²) >= 11 is 0. The van der Waals surface area contributed by atoms with E-state index >= 15 is 0 Å². The zero-order chi connectivity index (χ0) is 22.2. The molecule has 2 heterocycles. The van der Waals surface area contributed by atoms with Gasteiger partial charge in [-0.05, 0) is 24.1 Å². The van der Waals surface area contributed by atoms with Gasteiger partial charge in [0.2, 0.25) is 0 Å². The molecule has 0 aliphatic carbocycles. The SMILES string of the molecule is Cn1cc2c(c1C(=O)Nc1ccc(F)c(F)c1)C=CC(Cc1ccccc1)NS2(=N)=O. The Hall–Kier alpha value is -3.30. The second-order valence-corrected chi connectivity index (χ2v) is 9.07. The quantitative estimate of drug-likeness (QED) is 0.568. The Kier molecular flexibility index (Phi) is 5.47. The van der Waals surface area contributed by atoms with E-state index in [1.165, 1.54) is 16.8 Å². The molecule has 3 N–H and O–H groups in total. The molecule has 3 aromatic rings. The third-order valence-electron chi connectivity index (χ3n) is 5.00. The largest absolute Gasteiger partial charge is 0.345 e. The van der Waals surface area contributed by atoms with Crippen LogP contribution in [0.4, 0.5) is 14.5 Å². The van der Waals surface area contributed by atoms with Crippen molar-refractivity contribution < 1.29 is 17.8 Å². The average Bonchev–Trinajstić information content (AvgIpc) is 3.01. The van der Waals surface area contributed by atoms with Crippen molar-refractivity contribution in [3.05, 3.63) is 89.3 Å². The lowest BCUT2D eigenvalue weighted by Crippen LogP contribution is -2.33. The number of fused-ring (bicyclic) bond motifs is 1. The minimum atomic E-state index is -3.39. The lowest BCUT2D eigenvalue weighted by molar-refractivity contribution is 0.101. The van der Waals surface area contributed by atoms with Crippen molar-refractivity contribution in [1.29, 1.82) is 4.78 Å². The van der Waals surface area contributed by atoms with Crippen LogP contribution in [0.3, 0.4) is 0 Å². The summed E-state index contributed by atoms with van der Waals surface area (Å²) in [5.74, 6) is -2.68. The van der Waals surface area contributed by atoms with Crippen LogP contribution in [0.1, 0.15) is 21.6 Å². The molecule has 9 heteroatoms. The van der Waals surface area contributed by atoms with Crippen LogP contribution in [0.5, 0.6) is 0 Å². The monoisotopic (exact) mass is 442 g/mol. The fourth-order valence-corrected chi connectivity index (χ4v) is 5.06. The number of nitrogens with zero attached hydrogens (tertiary/aromatic N) is 1. The fourth-order valence-electron chi connectivity index (χ4n) is 3.56. The second-order valence-electron chi connectivity index (χ2n) is 7.28. The molecule has 31 heavy (non-hydrogen) atoms. The van der Waals surface area contributed by atoms with Crippen LogP contribution in [-0.2, 0) is 23.4 Å². The van der Waals surface area contributed by atoms with Gasteiger partial charge in [-0.15, -0.1) is 0 Å². The van der Waals surface area contributed by atoms with E-state index in [4.69, 9.17) is 4.78 Å². The number of nitrogens with one attached hydrogen (secondary N) is 3. The minimum absolute atomic E-state index is 0.0862. The van der Waals surface area contributed by atoms with Crippen molar-refractivity contribution >= 4 is 27.6 Å². The van der Waals surface area contributed by atoms with Gasteiger partial charge in [0.25, 0.3) is 5.91 Å². The van der Waals surface area contributed by atoms with E-state index in [2.05, 4.69) is 10.0 Å². The predicted octanol–water partition coefficient (Wildman–Crippen LogP) is 4.10. The smallest absolute Gasteiger partial charge is 0.272 e. The summed E-state index contributed by atoms with van der Waals surface area (Å²) < 4.78 is 52.6. The number of amides is 1. The van der Waals surface area contributed by atoms with Gasteiger partial charge in [0.05, 0.1) is 4.90 Å². The van der Waals surface area contributed by atoms with Crippen LogP contribution in [0, 0.1) is 16.4 Å². The number of hydrogen-bond acceptors (Lipinski definition) is 3. The average molecular weight is 442 g/mol. The van der Waals surface area contributed by atoms with Crippen molar-refractivity contribution in [2.75, 3.05) is 5.32 Å². The zero-order valence-corrected chi connectivity index (χ0v) is 17.4. The topological polar surface area (TPSA) is 87.0 Å². The van der Waals surface area contributed by atoms with Crippen LogP contribution in [0.25, 0.3) is 6.08 Å². The highest BCUT2D eigenvalue weighted by Crippen LogP contribution is 2.28. The zero-order valence-electron chi connectivity index (χ0n) is 16.6. The maximum atomic E-state index is 13.5. The molecule has 1 aliphatic rings. The molecule has 1 aromatic heterocycles. The lowest BCUT2D eigenvalue weighted by Gasteiger charge is -2.15. The Balaban J connectivity index is 1.67. The molecule has 1 amide bonds. The summed E-state index contributed by atoms with van der Waals surface area (Å²) in [7, 11) is -1.79. The second kappa shape index (κ2) is 8.09. The minimum Gasteiger partial charge on any atom is -0.345 e. The number of aryl methyl sites for hydroxylation is 1. The first-order valence-electron chi connectivity index (χ1n) is 9.48. The van der Waals surface area contributed by atoms with Crippen molar-refractivity contribution in [3.63, 3.8) is 0 Å². The highest BCUT2D eigenvalue weighted by atomic mass is 32.2. The molecule has 2 atom stereocenters. The van der Waals surface area contributed by atoms with Crippen molar-refractivity contribution in [2.45, 2.75) is 17.4 Å². The van der Waals surface area contributed by atoms with Crippen LogP contribution in [-0.4, -0.2) is 20.7 Å². The van der Waals surface area contributed by atoms with Crippen LogP contribution in [0.2, 0.25) is 0 Å². The molecule has 2 aromatic carbocycles. The highest BCUT2D eigenvalue weighted by molar-refractivity contribution is 7.90. The summed E-state index contributed by atoms with van der Waals surface area (Å²) in [5, 5.41) is 2.53. The molecule has 0 fully saturated rings. The predicted molar refractivity (Wildman–Crippen MR) is 115 cm³/mol. The van der Waals surface area contributed by atoms with Gasteiger partial charge in [0, 0.05) is 36.6 Å². The summed E-state index contributed by atoms with van der Waals surface area (Å²) in [6.07, 6.45) is 5.46. The third kappa shape index (κ3) is 4.28. The summed E-state index contributed by atoms with van der Waals surface area (Å²) in [4.78, 5) is 13.1. The van der Waals surface area contributed by atoms with Crippen molar-refractivity contribution in [3.8, 4) is 0 Å². The Labute approximate surface area is 178 Å². The molecule has 160 valence electrons. The van der Waals surface area contributed by atoms with Gasteiger partial charge in [0.15, 0.2) is 11.6 Å². The van der Waals surface area contributed by atoms with Gasteiger partial charge >= 0.3 is 0 Å². The molecule has 1 aliphatic heterocycles. The fraction of sp³-hybridized carbons (Fsp3) is 0.136. The van der Waals surface area contributed by atoms with Gasteiger partial charge in [-0.1, -0.05) is 42.5 Å². The van der Waals surface area contributed by atoms with E-state index in [1.54, 1.807) is 19.2 Å². The third-order valence-corrected chi connectivity index (χ3v) is 6.58. The van der Waals surface area contributed by atoms with Crippen LogP contribution < -0.4 is 10.0 Å². The van der Waals surface area contributed by atoms with Gasteiger partial charge in [-0.3, -0.25) is 4.79 Å². The molecule has 2 unspecified atom stereocenters. The number of aromatic nitrogens is 1. The lowest BCUT2D eigenvalue weighted by atomic mass is 10.1. The van der Waals surface area contributed by atoms with Crippen molar-refractivity contribution in [1.82, 2.24) is 9.29 Å². The van der Waals surface area contributed by atoms with Crippen LogP contribution >= 0.6 is 0 Å². The summed E-state index contributed by atoms with van der Waals surface area (Å²) in [6.45, 7) is 0. The Morgan fingerprint density at radius 2 is 1.94 bits per heavy atom. The molecule has 0 radical (unpaired) electrons. The van der Waals surface area contributed by atoms with E-state index in [1.807, 2.05) is 30.3 Å². The normalized spacial score (nSPS) is 20.2. The molecule has 0 bridgehead atoms. The first kappa shape index (κ1) is 21.0. The summed E-state index contributed by atoms with van der Waals surface area (Å²) in [5.41, 5.74) is 1.62. The number of anilines is 1. The molecule has 0 saturated heterocycles. The molecule has 4 rings (SSSR count). The van der Waals surface area contributed by atoms with E-state index < -0.39 is 27.5 Å². The Morgan fingerprint density at radius 3 is 2.65 bits per heavy atom. The number of halogens is 2. The van der Waals surface area contributed by atoms with Gasteiger partial charge < -0.3 is 9.88 Å². The van der Waals surface area contributed by atoms with Gasteiger partial charge in [0.1, 0.15) is 15.6 Å². The van der Waals surface area contributed by atoms with Crippen LogP contribution in [0.15, 0.2) is 65.7 Å². The Bertz CT molecular complexity index is 1280. The van der Waals surface area contributed by atoms with Gasteiger partial charge in [-0.25, -0.2) is 22.5 Å². The molecular formula is C22H20F2N4O2S. The molecule has 6 nitrogen and oxygen atoms in total. The maximum Gasteiger partial charge on any atom is 0.272 e. The number of hydrogen-bond donors (Lipinski definition) is 3. The van der Waals surface area contributed by atoms with E-state index in [0.29, 0.717) is 12.0 Å². The maximum absolute atomic E-state index is 13.5. The van der Waals surface area contributed by atoms with Gasteiger partial charge in [-0.2, -0.15) is 0 Å². The Morgan fingerprint density at radius 1 is 1.19 bits per heavy atom. The standard InChI is InChI=1S/C22H20F2N4O2S/c1-28-13-20-17(21(28)22(29)26-15-8-10-18(23)19(24)12-15)9-7-16(27-31(20,25)30)11-14-5-3-2-4-6-14/h2-10,12-13,16H,11H2,1H3,(H,26,29)(H2,25,27,30).